The number of fused-ring (bicyclic) bond motifs is 3. The number of aromatic nitrogens is 2. The zero-order valence-corrected chi connectivity index (χ0v) is 14.1. The lowest BCUT2D eigenvalue weighted by Gasteiger charge is -2.36. The molecule has 0 bridgehead atoms. The quantitative estimate of drug-likeness (QED) is 0.940. The Morgan fingerprint density at radius 1 is 1.33 bits per heavy atom. The summed E-state index contributed by atoms with van der Waals surface area (Å²) in [5.74, 6) is 1.16. The fourth-order valence-corrected chi connectivity index (χ4v) is 3.81. The Bertz CT molecular complexity index is 766. The maximum absolute atomic E-state index is 11.0. The van der Waals surface area contributed by atoms with Crippen LogP contribution in [0.5, 0.6) is 0 Å². The second-order valence-corrected chi connectivity index (χ2v) is 7.01. The molecule has 1 fully saturated rings. The lowest BCUT2D eigenvalue weighted by molar-refractivity contribution is 0.130. The van der Waals surface area contributed by atoms with Gasteiger partial charge in [-0.1, -0.05) is 12.5 Å². The topological polar surface area (TPSA) is 61.6 Å². The molecule has 1 saturated carbocycles. The summed E-state index contributed by atoms with van der Waals surface area (Å²) in [6, 6.07) is 6.93. The maximum atomic E-state index is 11.0. The first-order valence-electron chi connectivity index (χ1n) is 8.78. The summed E-state index contributed by atoms with van der Waals surface area (Å²) in [4.78, 5) is 19.7. The van der Waals surface area contributed by atoms with Crippen molar-refractivity contribution in [1.82, 2.24) is 19.4 Å². The van der Waals surface area contributed by atoms with E-state index in [-0.39, 0.29) is 0 Å². The van der Waals surface area contributed by atoms with Crippen LogP contribution in [0.3, 0.4) is 0 Å². The van der Waals surface area contributed by atoms with Gasteiger partial charge in [0, 0.05) is 45.7 Å². The fourth-order valence-electron chi connectivity index (χ4n) is 3.81. The summed E-state index contributed by atoms with van der Waals surface area (Å²) in [6.45, 7) is 3.59. The third kappa shape index (κ3) is 2.75. The van der Waals surface area contributed by atoms with Crippen LogP contribution in [0.1, 0.15) is 30.7 Å². The highest BCUT2D eigenvalue weighted by Crippen LogP contribution is 2.27. The summed E-state index contributed by atoms with van der Waals surface area (Å²) in [6.07, 6.45) is 4.16. The maximum Gasteiger partial charge on any atom is 0.407 e. The van der Waals surface area contributed by atoms with Gasteiger partial charge in [0.1, 0.15) is 5.82 Å². The summed E-state index contributed by atoms with van der Waals surface area (Å²) < 4.78 is 2.35. The molecule has 2 aromatic rings. The van der Waals surface area contributed by atoms with E-state index in [1.54, 1.807) is 7.05 Å². The van der Waals surface area contributed by atoms with Gasteiger partial charge in [0.25, 0.3) is 0 Å². The van der Waals surface area contributed by atoms with E-state index in [4.69, 9.17) is 10.1 Å². The molecule has 0 spiro atoms. The molecule has 6 nitrogen and oxygen atoms in total. The van der Waals surface area contributed by atoms with Gasteiger partial charge in [-0.05, 0) is 30.5 Å². The monoisotopic (exact) mass is 328 g/mol. The molecule has 6 heteroatoms. The van der Waals surface area contributed by atoms with Crippen LogP contribution in [0.15, 0.2) is 18.2 Å². The Balaban J connectivity index is 1.56. The molecule has 24 heavy (non-hydrogen) atoms. The van der Waals surface area contributed by atoms with Crippen molar-refractivity contribution in [1.29, 1.82) is 0 Å². The molecule has 1 amide bonds. The summed E-state index contributed by atoms with van der Waals surface area (Å²) in [5.41, 5.74) is 3.14. The number of benzene rings is 1. The van der Waals surface area contributed by atoms with Crippen molar-refractivity contribution in [3.63, 3.8) is 0 Å². The highest BCUT2D eigenvalue weighted by Gasteiger charge is 2.27. The van der Waals surface area contributed by atoms with Crippen LogP contribution in [0.25, 0.3) is 11.0 Å². The summed E-state index contributed by atoms with van der Waals surface area (Å²) in [5, 5.41) is 9.02. The Hall–Kier alpha value is -2.08. The van der Waals surface area contributed by atoms with E-state index in [1.165, 1.54) is 29.7 Å². The normalized spacial score (nSPS) is 18.9. The van der Waals surface area contributed by atoms with Crippen LogP contribution in [-0.2, 0) is 19.5 Å². The van der Waals surface area contributed by atoms with Crippen LogP contribution in [0.4, 0.5) is 4.79 Å². The first kappa shape index (κ1) is 15.4. The smallest absolute Gasteiger partial charge is 0.407 e. The molecular formula is C18H24N4O2. The zero-order valence-electron chi connectivity index (χ0n) is 14.1. The van der Waals surface area contributed by atoms with Crippen LogP contribution in [-0.4, -0.2) is 56.7 Å². The minimum atomic E-state index is -0.910. The minimum Gasteiger partial charge on any atom is -0.465 e. The zero-order chi connectivity index (χ0) is 16.7. The lowest BCUT2D eigenvalue weighted by Crippen LogP contribution is -2.41. The SMILES string of the molecule is CN(Cc1ccc2c(c1)nc1n2CCN(C2CCC2)CC1)C(=O)O. The predicted molar refractivity (Wildman–Crippen MR) is 92.1 cm³/mol. The van der Waals surface area contributed by atoms with E-state index in [2.05, 4.69) is 15.5 Å². The number of amides is 1. The average Bonchev–Trinajstić information content (AvgIpc) is 2.72. The third-order valence-electron chi connectivity index (χ3n) is 5.46. The molecule has 2 aliphatic rings. The number of rotatable bonds is 3. The molecular weight excluding hydrogens is 304 g/mol. The fraction of sp³-hybridized carbons (Fsp3) is 0.556. The van der Waals surface area contributed by atoms with Gasteiger partial charge in [-0.3, -0.25) is 4.90 Å². The van der Waals surface area contributed by atoms with E-state index in [9.17, 15) is 4.79 Å². The largest absolute Gasteiger partial charge is 0.465 e. The van der Waals surface area contributed by atoms with Gasteiger partial charge in [0.2, 0.25) is 0 Å². The van der Waals surface area contributed by atoms with Crippen molar-refractivity contribution >= 4 is 17.1 Å². The van der Waals surface area contributed by atoms with Crippen molar-refractivity contribution in [2.24, 2.45) is 0 Å². The first-order chi connectivity index (χ1) is 11.6. The highest BCUT2D eigenvalue weighted by molar-refractivity contribution is 5.77. The minimum absolute atomic E-state index is 0.392. The molecule has 1 aliphatic carbocycles. The molecule has 128 valence electrons. The lowest BCUT2D eigenvalue weighted by atomic mass is 9.91. The molecule has 4 rings (SSSR count). The van der Waals surface area contributed by atoms with Crippen LogP contribution < -0.4 is 0 Å². The summed E-state index contributed by atoms with van der Waals surface area (Å²) in [7, 11) is 1.59. The number of imidazole rings is 1. The van der Waals surface area contributed by atoms with E-state index < -0.39 is 6.09 Å². The molecule has 2 heterocycles. The summed E-state index contributed by atoms with van der Waals surface area (Å²) >= 11 is 0. The molecule has 0 unspecified atom stereocenters. The van der Waals surface area contributed by atoms with Crippen molar-refractivity contribution in [3.05, 3.63) is 29.6 Å². The number of carboxylic acid groups (broad SMARTS) is 1. The molecule has 1 N–H and O–H groups in total. The predicted octanol–water partition coefficient (Wildman–Crippen LogP) is 2.56. The number of nitrogens with zero attached hydrogens (tertiary/aromatic N) is 4. The molecule has 1 aromatic heterocycles. The number of hydrogen-bond donors (Lipinski definition) is 1. The van der Waals surface area contributed by atoms with Gasteiger partial charge in [-0.25, -0.2) is 9.78 Å². The van der Waals surface area contributed by atoms with Crippen molar-refractivity contribution in [2.45, 2.75) is 44.8 Å². The van der Waals surface area contributed by atoms with Gasteiger partial charge in [-0.2, -0.15) is 0 Å². The Morgan fingerprint density at radius 2 is 2.17 bits per heavy atom. The van der Waals surface area contributed by atoms with Gasteiger partial charge < -0.3 is 14.6 Å². The number of hydrogen-bond acceptors (Lipinski definition) is 3. The van der Waals surface area contributed by atoms with Gasteiger partial charge in [0.05, 0.1) is 11.0 Å². The van der Waals surface area contributed by atoms with E-state index in [1.807, 2.05) is 12.1 Å². The third-order valence-corrected chi connectivity index (χ3v) is 5.46. The van der Waals surface area contributed by atoms with Crippen molar-refractivity contribution < 1.29 is 9.90 Å². The van der Waals surface area contributed by atoms with Gasteiger partial charge >= 0.3 is 6.09 Å². The number of carbonyl (C=O) groups is 1. The van der Waals surface area contributed by atoms with E-state index in [0.717, 1.165) is 49.0 Å². The molecule has 0 radical (unpaired) electrons. The van der Waals surface area contributed by atoms with Crippen LogP contribution in [0.2, 0.25) is 0 Å². The Morgan fingerprint density at radius 3 is 2.88 bits per heavy atom. The molecule has 0 atom stereocenters. The highest BCUT2D eigenvalue weighted by atomic mass is 16.4. The van der Waals surface area contributed by atoms with Crippen molar-refractivity contribution in [3.8, 4) is 0 Å². The Labute approximate surface area is 141 Å². The Kier molecular flexibility index (Phi) is 3.92. The second kappa shape index (κ2) is 6.09. The van der Waals surface area contributed by atoms with E-state index >= 15 is 0 Å². The average molecular weight is 328 g/mol. The molecule has 0 saturated heterocycles. The van der Waals surface area contributed by atoms with Gasteiger partial charge in [-0.15, -0.1) is 0 Å². The van der Waals surface area contributed by atoms with Crippen LogP contribution >= 0.6 is 0 Å². The molecule has 1 aliphatic heterocycles. The first-order valence-corrected chi connectivity index (χ1v) is 8.78. The second-order valence-electron chi connectivity index (χ2n) is 7.01. The van der Waals surface area contributed by atoms with Gasteiger partial charge in [0.15, 0.2) is 0 Å². The standard InChI is InChI=1S/C18H24N4O2/c1-20(18(23)24)12-13-5-6-16-15(11-13)19-17-7-8-21(9-10-22(16)17)14-3-2-4-14/h5-6,11,14H,2-4,7-10,12H2,1H3,(H,23,24). The van der Waals surface area contributed by atoms with Crippen LogP contribution in [0, 0.1) is 0 Å². The van der Waals surface area contributed by atoms with E-state index in [0.29, 0.717) is 6.54 Å². The molecule has 1 aromatic carbocycles. The van der Waals surface area contributed by atoms with Crippen molar-refractivity contribution in [2.75, 3.05) is 20.1 Å².